The lowest BCUT2D eigenvalue weighted by Gasteiger charge is -1.93. The lowest BCUT2D eigenvalue weighted by atomic mass is 10.2. The second-order valence-electron chi connectivity index (χ2n) is 2.10. The highest BCUT2D eigenvalue weighted by molar-refractivity contribution is 5.61. The zero-order valence-electron chi connectivity index (χ0n) is 4.96. The molecule has 1 aromatic rings. The molecule has 1 N–H and O–H groups in total. The molecule has 0 fully saturated rings. The average molecular weight is 117 g/mol. The zero-order valence-corrected chi connectivity index (χ0v) is 4.96. The van der Waals surface area contributed by atoms with Gasteiger partial charge in [0.15, 0.2) is 0 Å². The Morgan fingerprint density at radius 2 is 1.78 bits per heavy atom. The summed E-state index contributed by atoms with van der Waals surface area (Å²) in [7, 11) is 0. The molecule has 2 aliphatic rings. The van der Waals surface area contributed by atoms with Crippen molar-refractivity contribution in [3.8, 4) is 0 Å². The van der Waals surface area contributed by atoms with Crippen molar-refractivity contribution in [3.63, 3.8) is 0 Å². The van der Waals surface area contributed by atoms with Crippen molar-refractivity contribution in [1.82, 2.24) is 0 Å². The molecule has 0 amide bonds. The summed E-state index contributed by atoms with van der Waals surface area (Å²) < 4.78 is 0. The van der Waals surface area contributed by atoms with Crippen LogP contribution in [-0.4, -0.2) is 0 Å². The lowest BCUT2D eigenvalue weighted by molar-refractivity contribution is 1.63. The molecular formula is C8H7N. The van der Waals surface area contributed by atoms with Crippen LogP contribution in [0.1, 0.15) is 5.56 Å². The predicted octanol–water partition coefficient (Wildman–Crippen LogP) is 2.08. The number of anilines is 1. The SMILES string of the molecule is C1=Cc2ccc(cc2)N1. The minimum absolute atomic E-state index is 1.16. The molecule has 3 rings (SSSR count). The minimum atomic E-state index is 1.16. The van der Waals surface area contributed by atoms with Crippen molar-refractivity contribution >= 4 is 11.8 Å². The van der Waals surface area contributed by atoms with Gasteiger partial charge < -0.3 is 5.32 Å². The Hall–Kier alpha value is -1.24. The summed E-state index contributed by atoms with van der Waals surface area (Å²) in [4.78, 5) is 0. The van der Waals surface area contributed by atoms with E-state index in [1.54, 1.807) is 0 Å². The summed E-state index contributed by atoms with van der Waals surface area (Å²) in [6.45, 7) is 0. The molecule has 1 nitrogen and oxygen atoms in total. The third-order valence-corrected chi connectivity index (χ3v) is 1.44. The van der Waals surface area contributed by atoms with Crippen LogP contribution in [0.25, 0.3) is 6.08 Å². The molecular weight excluding hydrogens is 110 g/mol. The number of hydrogen-bond acceptors (Lipinski definition) is 1. The number of hydrogen-bond donors (Lipinski definition) is 1. The van der Waals surface area contributed by atoms with E-state index >= 15 is 0 Å². The van der Waals surface area contributed by atoms with Gasteiger partial charge in [-0.3, -0.25) is 0 Å². The van der Waals surface area contributed by atoms with Gasteiger partial charge in [-0.1, -0.05) is 12.1 Å². The molecule has 0 spiro atoms. The maximum atomic E-state index is 3.11. The Kier molecular flexibility index (Phi) is 0.833. The van der Waals surface area contributed by atoms with Gasteiger partial charge in [0, 0.05) is 11.9 Å². The summed E-state index contributed by atoms with van der Waals surface area (Å²) in [5, 5.41) is 3.11. The molecule has 0 radical (unpaired) electrons. The van der Waals surface area contributed by atoms with Crippen LogP contribution in [0.3, 0.4) is 0 Å². The van der Waals surface area contributed by atoms with Crippen LogP contribution in [0, 0.1) is 0 Å². The summed E-state index contributed by atoms with van der Waals surface area (Å²) in [6, 6.07) is 8.31. The molecule has 2 heterocycles. The fraction of sp³-hybridized carbons (Fsp3) is 0. The topological polar surface area (TPSA) is 12.0 Å². The fourth-order valence-corrected chi connectivity index (χ4v) is 0.925. The van der Waals surface area contributed by atoms with E-state index in [2.05, 4.69) is 29.6 Å². The molecule has 9 heavy (non-hydrogen) atoms. The molecule has 0 unspecified atom stereocenters. The van der Waals surface area contributed by atoms with Gasteiger partial charge in [0.2, 0.25) is 0 Å². The number of fused-ring (bicyclic) bond motifs is 3. The van der Waals surface area contributed by atoms with Gasteiger partial charge in [0.1, 0.15) is 0 Å². The molecule has 1 aromatic carbocycles. The first-order valence-electron chi connectivity index (χ1n) is 2.98. The Morgan fingerprint density at radius 1 is 1.00 bits per heavy atom. The van der Waals surface area contributed by atoms with Gasteiger partial charge in [-0.05, 0) is 23.8 Å². The number of rotatable bonds is 0. The third-order valence-electron chi connectivity index (χ3n) is 1.44. The number of benzene rings is 1. The van der Waals surface area contributed by atoms with Crippen LogP contribution in [0.4, 0.5) is 5.69 Å². The molecule has 0 aliphatic carbocycles. The molecule has 2 aliphatic heterocycles. The Bertz CT molecular complexity index is 233. The monoisotopic (exact) mass is 117 g/mol. The quantitative estimate of drug-likeness (QED) is 0.548. The van der Waals surface area contributed by atoms with Crippen molar-refractivity contribution in [2.45, 2.75) is 0 Å². The van der Waals surface area contributed by atoms with Crippen LogP contribution < -0.4 is 5.32 Å². The molecule has 44 valence electrons. The average Bonchev–Trinajstić information content (AvgIpc) is 2.21. The molecule has 0 saturated heterocycles. The summed E-state index contributed by atoms with van der Waals surface area (Å²) >= 11 is 0. The fourth-order valence-electron chi connectivity index (χ4n) is 0.925. The van der Waals surface area contributed by atoms with E-state index in [0.29, 0.717) is 0 Å². The van der Waals surface area contributed by atoms with Gasteiger partial charge in [-0.15, -0.1) is 0 Å². The first-order valence-corrected chi connectivity index (χ1v) is 2.98. The van der Waals surface area contributed by atoms with E-state index in [4.69, 9.17) is 0 Å². The molecule has 2 bridgehead atoms. The van der Waals surface area contributed by atoms with Gasteiger partial charge in [-0.2, -0.15) is 0 Å². The Morgan fingerprint density at radius 3 is 2.56 bits per heavy atom. The standard InChI is InChI=1S/C8H7N/c1-3-8-4-2-7(1)5-6-9-8/h1-6,9H. The maximum absolute atomic E-state index is 3.11. The van der Waals surface area contributed by atoms with Gasteiger partial charge in [-0.25, -0.2) is 0 Å². The molecule has 0 aromatic heterocycles. The first-order chi connectivity index (χ1) is 4.45. The van der Waals surface area contributed by atoms with Crippen LogP contribution >= 0.6 is 0 Å². The van der Waals surface area contributed by atoms with Crippen molar-refractivity contribution in [2.75, 3.05) is 5.32 Å². The minimum Gasteiger partial charge on any atom is -0.362 e. The van der Waals surface area contributed by atoms with E-state index in [1.165, 1.54) is 5.56 Å². The van der Waals surface area contributed by atoms with E-state index in [0.717, 1.165) is 5.69 Å². The van der Waals surface area contributed by atoms with Crippen LogP contribution in [0.5, 0.6) is 0 Å². The lowest BCUT2D eigenvalue weighted by Crippen LogP contribution is -1.80. The van der Waals surface area contributed by atoms with Crippen molar-refractivity contribution in [2.24, 2.45) is 0 Å². The highest BCUT2D eigenvalue weighted by Crippen LogP contribution is 2.14. The second-order valence-corrected chi connectivity index (χ2v) is 2.10. The third kappa shape index (κ3) is 0.703. The normalized spacial score (nSPS) is 12.9. The summed E-state index contributed by atoms with van der Waals surface area (Å²) in [5.74, 6) is 0. The molecule has 0 atom stereocenters. The van der Waals surface area contributed by atoms with Gasteiger partial charge in [0.05, 0.1) is 0 Å². The van der Waals surface area contributed by atoms with Crippen LogP contribution in [-0.2, 0) is 0 Å². The van der Waals surface area contributed by atoms with Crippen LogP contribution in [0.2, 0.25) is 0 Å². The van der Waals surface area contributed by atoms with Crippen molar-refractivity contribution in [3.05, 3.63) is 36.0 Å². The first kappa shape index (κ1) is 4.62. The highest BCUT2D eigenvalue weighted by atomic mass is 14.8. The summed E-state index contributed by atoms with van der Waals surface area (Å²) in [6.07, 6.45) is 4.00. The van der Waals surface area contributed by atoms with E-state index in [1.807, 2.05) is 12.3 Å². The van der Waals surface area contributed by atoms with Gasteiger partial charge >= 0.3 is 0 Å². The predicted molar refractivity (Wildman–Crippen MR) is 39.1 cm³/mol. The second kappa shape index (κ2) is 1.62. The van der Waals surface area contributed by atoms with Crippen molar-refractivity contribution in [1.29, 1.82) is 0 Å². The van der Waals surface area contributed by atoms with E-state index in [9.17, 15) is 0 Å². The van der Waals surface area contributed by atoms with Crippen molar-refractivity contribution < 1.29 is 0 Å². The number of nitrogens with one attached hydrogen (secondary N) is 1. The van der Waals surface area contributed by atoms with E-state index in [-0.39, 0.29) is 0 Å². The molecule has 0 saturated carbocycles. The smallest absolute Gasteiger partial charge is 0.0380 e. The summed E-state index contributed by atoms with van der Waals surface area (Å²) in [5.41, 5.74) is 2.41. The Balaban J connectivity index is 2.67. The van der Waals surface area contributed by atoms with E-state index < -0.39 is 0 Å². The Labute approximate surface area is 54.0 Å². The maximum Gasteiger partial charge on any atom is 0.0380 e. The van der Waals surface area contributed by atoms with Gasteiger partial charge in [0.25, 0.3) is 0 Å². The highest BCUT2D eigenvalue weighted by Gasteiger charge is 1.92. The largest absolute Gasteiger partial charge is 0.362 e. The van der Waals surface area contributed by atoms with Crippen LogP contribution in [0.15, 0.2) is 30.5 Å². The zero-order chi connectivity index (χ0) is 6.10. The molecule has 1 heteroatoms.